The summed E-state index contributed by atoms with van der Waals surface area (Å²) in [5.41, 5.74) is 2.79. The molecule has 0 radical (unpaired) electrons. The maximum atomic E-state index is 11.5. The average Bonchev–Trinajstić information content (AvgIpc) is 2.82. The summed E-state index contributed by atoms with van der Waals surface area (Å²) in [6.45, 7) is 4.49. The van der Waals surface area contributed by atoms with Gasteiger partial charge >= 0.3 is 6.03 Å². The van der Waals surface area contributed by atoms with Crippen molar-refractivity contribution in [1.82, 2.24) is 10.2 Å². The monoisotopic (exact) mass is 245 g/mol. The van der Waals surface area contributed by atoms with Gasteiger partial charge in [-0.2, -0.15) is 0 Å². The maximum Gasteiger partial charge on any atom is 0.317 e. The second-order valence-corrected chi connectivity index (χ2v) is 4.94. The van der Waals surface area contributed by atoms with Gasteiger partial charge in [-0.1, -0.05) is 18.2 Å². The van der Waals surface area contributed by atoms with Crippen LogP contribution in [-0.4, -0.2) is 43.7 Å². The van der Waals surface area contributed by atoms with Crippen molar-refractivity contribution in [2.24, 2.45) is 0 Å². The van der Waals surface area contributed by atoms with Gasteiger partial charge in [-0.15, -0.1) is 0 Å². The first-order chi connectivity index (χ1) is 8.84. The van der Waals surface area contributed by atoms with Crippen LogP contribution in [-0.2, 0) is 6.42 Å². The Morgan fingerprint density at radius 1 is 1.11 bits per heavy atom. The molecular formula is C14H19N3O. The van der Waals surface area contributed by atoms with Crippen LogP contribution < -0.4 is 10.2 Å². The first-order valence-electron chi connectivity index (χ1n) is 6.70. The lowest BCUT2D eigenvalue weighted by Crippen LogP contribution is -2.39. The Morgan fingerprint density at radius 3 is 2.78 bits per heavy atom. The number of carbonyl (C=O) groups excluding carboxylic acids is 1. The Balaban J connectivity index is 1.65. The number of amides is 2. The van der Waals surface area contributed by atoms with Crippen molar-refractivity contribution in [2.45, 2.75) is 12.8 Å². The van der Waals surface area contributed by atoms with Crippen molar-refractivity contribution < 1.29 is 4.79 Å². The van der Waals surface area contributed by atoms with E-state index < -0.39 is 0 Å². The molecule has 0 atom stereocenters. The Hall–Kier alpha value is -1.71. The third-order valence-electron chi connectivity index (χ3n) is 3.79. The van der Waals surface area contributed by atoms with E-state index in [1.165, 1.54) is 24.1 Å². The second-order valence-electron chi connectivity index (χ2n) is 4.94. The number of hydrogen-bond donors (Lipinski definition) is 1. The highest BCUT2D eigenvalue weighted by atomic mass is 16.2. The normalized spacial score (nSPS) is 18.8. The van der Waals surface area contributed by atoms with Gasteiger partial charge in [-0.25, -0.2) is 4.79 Å². The molecule has 18 heavy (non-hydrogen) atoms. The first kappa shape index (κ1) is 11.4. The SMILES string of the molecule is O=C1NCCN1CCN1CCCc2ccccc21. The van der Waals surface area contributed by atoms with Crippen molar-refractivity contribution in [3.8, 4) is 0 Å². The predicted octanol–water partition coefficient (Wildman–Crippen LogP) is 1.46. The van der Waals surface area contributed by atoms with Gasteiger partial charge in [0.25, 0.3) is 0 Å². The lowest BCUT2D eigenvalue weighted by atomic mass is 10.0. The summed E-state index contributed by atoms with van der Waals surface area (Å²) in [5, 5.41) is 2.84. The summed E-state index contributed by atoms with van der Waals surface area (Å²) in [6.07, 6.45) is 2.39. The van der Waals surface area contributed by atoms with E-state index in [-0.39, 0.29) is 6.03 Å². The highest BCUT2D eigenvalue weighted by Crippen LogP contribution is 2.26. The Bertz CT molecular complexity index is 446. The fourth-order valence-corrected chi connectivity index (χ4v) is 2.81. The summed E-state index contributed by atoms with van der Waals surface area (Å²) in [5.74, 6) is 0. The zero-order chi connectivity index (χ0) is 12.4. The van der Waals surface area contributed by atoms with E-state index in [1.54, 1.807) is 0 Å². The number of nitrogens with zero attached hydrogens (tertiary/aromatic N) is 2. The van der Waals surface area contributed by atoms with Gasteiger partial charge in [0.2, 0.25) is 0 Å². The molecule has 0 aliphatic carbocycles. The number of nitrogens with one attached hydrogen (secondary N) is 1. The zero-order valence-electron chi connectivity index (χ0n) is 10.6. The number of anilines is 1. The molecule has 0 bridgehead atoms. The largest absolute Gasteiger partial charge is 0.370 e. The highest BCUT2D eigenvalue weighted by Gasteiger charge is 2.21. The molecule has 2 aliphatic rings. The van der Waals surface area contributed by atoms with Crippen LogP contribution in [0, 0.1) is 0 Å². The molecule has 4 heteroatoms. The lowest BCUT2D eigenvalue weighted by Gasteiger charge is -2.32. The molecule has 4 nitrogen and oxygen atoms in total. The minimum Gasteiger partial charge on any atom is -0.370 e. The van der Waals surface area contributed by atoms with Gasteiger partial charge in [0, 0.05) is 38.4 Å². The Kier molecular flexibility index (Phi) is 3.09. The molecular weight excluding hydrogens is 226 g/mol. The van der Waals surface area contributed by atoms with Crippen molar-refractivity contribution in [1.29, 1.82) is 0 Å². The molecule has 1 saturated heterocycles. The zero-order valence-corrected chi connectivity index (χ0v) is 10.6. The number of urea groups is 1. The third kappa shape index (κ3) is 2.15. The molecule has 2 amide bonds. The number of hydrogen-bond acceptors (Lipinski definition) is 2. The molecule has 0 unspecified atom stereocenters. The molecule has 2 aliphatic heterocycles. The van der Waals surface area contributed by atoms with Crippen LogP contribution >= 0.6 is 0 Å². The molecule has 0 saturated carbocycles. The molecule has 1 aromatic rings. The topological polar surface area (TPSA) is 35.6 Å². The van der Waals surface area contributed by atoms with Crippen LogP contribution in [0.25, 0.3) is 0 Å². The van der Waals surface area contributed by atoms with Crippen molar-refractivity contribution in [2.75, 3.05) is 37.6 Å². The molecule has 0 spiro atoms. The van der Waals surface area contributed by atoms with E-state index in [1.807, 2.05) is 4.90 Å². The van der Waals surface area contributed by atoms with E-state index >= 15 is 0 Å². The molecule has 1 aromatic carbocycles. The average molecular weight is 245 g/mol. The molecule has 2 heterocycles. The summed E-state index contributed by atoms with van der Waals surface area (Å²) in [7, 11) is 0. The fraction of sp³-hybridized carbons (Fsp3) is 0.500. The summed E-state index contributed by atoms with van der Waals surface area (Å²) in [4.78, 5) is 15.8. The van der Waals surface area contributed by atoms with Crippen molar-refractivity contribution in [3.05, 3.63) is 29.8 Å². The Morgan fingerprint density at radius 2 is 1.94 bits per heavy atom. The minimum atomic E-state index is 0.0836. The van der Waals surface area contributed by atoms with Crippen LogP contribution in [0.5, 0.6) is 0 Å². The summed E-state index contributed by atoms with van der Waals surface area (Å²) >= 11 is 0. The highest BCUT2D eigenvalue weighted by molar-refractivity contribution is 5.76. The van der Waals surface area contributed by atoms with Crippen LogP contribution in [0.4, 0.5) is 10.5 Å². The minimum absolute atomic E-state index is 0.0836. The van der Waals surface area contributed by atoms with Crippen LogP contribution in [0.2, 0.25) is 0 Å². The third-order valence-corrected chi connectivity index (χ3v) is 3.79. The smallest absolute Gasteiger partial charge is 0.317 e. The molecule has 0 aromatic heterocycles. The quantitative estimate of drug-likeness (QED) is 0.875. The maximum absolute atomic E-state index is 11.5. The molecule has 1 N–H and O–H groups in total. The fourth-order valence-electron chi connectivity index (χ4n) is 2.81. The number of fused-ring (bicyclic) bond motifs is 1. The van der Waals surface area contributed by atoms with Crippen molar-refractivity contribution >= 4 is 11.7 Å². The molecule has 96 valence electrons. The number of carbonyl (C=O) groups is 1. The molecule has 3 rings (SSSR count). The van der Waals surface area contributed by atoms with Gasteiger partial charge in [-0.3, -0.25) is 0 Å². The van der Waals surface area contributed by atoms with Crippen molar-refractivity contribution in [3.63, 3.8) is 0 Å². The summed E-state index contributed by atoms with van der Waals surface area (Å²) in [6, 6.07) is 8.69. The number of para-hydroxylation sites is 1. The van der Waals surface area contributed by atoms with E-state index in [0.717, 1.165) is 32.7 Å². The van der Waals surface area contributed by atoms with Gasteiger partial charge in [0.15, 0.2) is 0 Å². The second kappa shape index (κ2) is 4.88. The lowest BCUT2D eigenvalue weighted by molar-refractivity contribution is 0.218. The predicted molar refractivity (Wildman–Crippen MR) is 71.9 cm³/mol. The molecule has 1 fully saturated rings. The first-order valence-corrected chi connectivity index (χ1v) is 6.70. The number of rotatable bonds is 3. The number of benzene rings is 1. The Labute approximate surface area is 108 Å². The van der Waals surface area contributed by atoms with Gasteiger partial charge in [0.1, 0.15) is 0 Å². The van der Waals surface area contributed by atoms with Crippen LogP contribution in [0.3, 0.4) is 0 Å². The van der Waals surface area contributed by atoms with Gasteiger partial charge in [-0.05, 0) is 24.5 Å². The van der Waals surface area contributed by atoms with Gasteiger partial charge < -0.3 is 15.1 Å². The van der Waals surface area contributed by atoms with Crippen LogP contribution in [0.1, 0.15) is 12.0 Å². The standard InChI is InChI=1S/C14H19N3O/c18-14-15-7-9-17(14)11-10-16-8-3-5-12-4-1-2-6-13(12)16/h1-2,4,6H,3,5,7-11H2,(H,15,18). The number of aryl methyl sites for hydroxylation is 1. The van der Waals surface area contributed by atoms with Gasteiger partial charge in [0.05, 0.1) is 0 Å². The van der Waals surface area contributed by atoms with E-state index in [4.69, 9.17) is 0 Å². The van der Waals surface area contributed by atoms with E-state index in [2.05, 4.69) is 34.5 Å². The summed E-state index contributed by atoms with van der Waals surface area (Å²) < 4.78 is 0. The van der Waals surface area contributed by atoms with Crippen LogP contribution in [0.15, 0.2) is 24.3 Å². The van der Waals surface area contributed by atoms with E-state index in [9.17, 15) is 4.79 Å². The van der Waals surface area contributed by atoms with E-state index in [0.29, 0.717) is 0 Å².